The summed E-state index contributed by atoms with van der Waals surface area (Å²) in [6, 6.07) is 18.3. The fraction of sp³-hybridized carbons (Fsp3) is 0.214. The summed E-state index contributed by atoms with van der Waals surface area (Å²) in [6.07, 6.45) is 6.55. The number of carbonyl (C=O) groups is 1. The molecule has 1 saturated heterocycles. The Labute approximate surface area is 202 Å². The average Bonchev–Trinajstić information content (AvgIpc) is 3.48. The minimum absolute atomic E-state index is 0.165. The van der Waals surface area contributed by atoms with E-state index in [0.717, 1.165) is 57.9 Å². The topological polar surface area (TPSA) is 85.7 Å². The first-order valence-corrected chi connectivity index (χ1v) is 11.8. The lowest BCUT2D eigenvalue weighted by atomic mass is 9.95. The van der Waals surface area contributed by atoms with Gasteiger partial charge in [-0.25, -0.2) is 9.97 Å². The number of nitrogens with one attached hydrogen (secondary N) is 1. The van der Waals surface area contributed by atoms with Crippen LogP contribution < -0.4 is 0 Å². The monoisotopic (exact) mass is 463 g/mol. The first-order chi connectivity index (χ1) is 17.1. The molecule has 0 bridgehead atoms. The Kier molecular flexibility index (Phi) is 5.47. The Morgan fingerprint density at radius 1 is 1.06 bits per heavy atom. The Hall–Kier alpha value is -4.10. The normalized spacial score (nSPS) is 13.7. The molecular weight excluding hydrogens is 438 g/mol. The summed E-state index contributed by atoms with van der Waals surface area (Å²) < 4.78 is 7.03. The van der Waals surface area contributed by atoms with E-state index in [9.17, 15) is 4.79 Å². The van der Waals surface area contributed by atoms with Crippen molar-refractivity contribution in [2.45, 2.75) is 18.8 Å². The number of hydrogen-bond acceptors (Lipinski definition) is 5. The molecule has 0 unspecified atom stereocenters. The van der Waals surface area contributed by atoms with Gasteiger partial charge in [0.2, 0.25) is 0 Å². The maximum absolute atomic E-state index is 12.7. The van der Waals surface area contributed by atoms with Gasteiger partial charge in [-0.1, -0.05) is 48.5 Å². The maximum Gasteiger partial charge on any atom is 0.163 e. The number of benzene rings is 2. The smallest absolute Gasteiger partial charge is 0.163 e. The molecule has 0 aliphatic carbocycles. The van der Waals surface area contributed by atoms with Crippen LogP contribution in [0, 0.1) is 0 Å². The Morgan fingerprint density at radius 3 is 2.54 bits per heavy atom. The first kappa shape index (κ1) is 21.4. The van der Waals surface area contributed by atoms with Crippen molar-refractivity contribution in [1.82, 2.24) is 24.7 Å². The summed E-state index contributed by atoms with van der Waals surface area (Å²) in [5, 5.41) is 5.22. The molecule has 7 nitrogen and oxygen atoms in total. The van der Waals surface area contributed by atoms with E-state index in [0.29, 0.717) is 18.8 Å². The third-order valence-electron chi connectivity index (χ3n) is 6.65. The number of aryl methyl sites for hydroxylation is 2. The molecule has 1 fully saturated rings. The highest BCUT2D eigenvalue weighted by Gasteiger charge is 2.20. The zero-order valence-electron chi connectivity index (χ0n) is 19.4. The van der Waals surface area contributed by atoms with E-state index in [4.69, 9.17) is 4.74 Å². The number of ether oxygens (including phenoxy) is 1. The Bertz CT molecular complexity index is 1490. The van der Waals surface area contributed by atoms with Gasteiger partial charge in [0.25, 0.3) is 0 Å². The van der Waals surface area contributed by atoms with E-state index in [1.54, 1.807) is 11.0 Å². The van der Waals surface area contributed by atoms with Crippen molar-refractivity contribution < 1.29 is 9.53 Å². The molecule has 3 aromatic heterocycles. The second kappa shape index (κ2) is 8.92. The number of ketones is 1. The van der Waals surface area contributed by atoms with Crippen molar-refractivity contribution in [2.75, 3.05) is 13.2 Å². The zero-order valence-corrected chi connectivity index (χ0v) is 19.4. The summed E-state index contributed by atoms with van der Waals surface area (Å²) in [4.78, 5) is 25.0. The first-order valence-electron chi connectivity index (χ1n) is 11.8. The number of fused-ring (bicyclic) bond motifs is 1. The molecule has 4 heterocycles. The van der Waals surface area contributed by atoms with E-state index in [2.05, 4.69) is 62.5 Å². The summed E-state index contributed by atoms with van der Waals surface area (Å²) in [7, 11) is 1.90. The molecule has 0 radical (unpaired) electrons. The minimum atomic E-state index is 0.165. The van der Waals surface area contributed by atoms with Gasteiger partial charge >= 0.3 is 0 Å². The number of aromatic nitrogens is 5. The highest BCUT2D eigenvalue weighted by atomic mass is 16.5. The molecule has 6 rings (SSSR count). The predicted octanol–water partition coefficient (Wildman–Crippen LogP) is 4.95. The molecule has 0 saturated carbocycles. The van der Waals surface area contributed by atoms with Gasteiger partial charge in [-0.2, -0.15) is 5.10 Å². The number of hydrogen-bond donors (Lipinski definition) is 1. The van der Waals surface area contributed by atoms with Crippen molar-refractivity contribution in [1.29, 1.82) is 0 Å². The maximum atomic E-state index is 12.7. The molecule has 35 heavy (non-hydrogen) atoms. The third kappa shape index (κ3) is 4.26. The van der Waals surface area contributed by atoms with Gasteiger partial charge in [0.1, 0.15) is 12.0 Å². The molecule has 2 aromatic carbocycles. The summed E-state index contributed by atoms with van der Waals surface area (Å²) in [5.41, 5.74) is 7.78. The minimum Gasteiger partial charge on any atom is -0.380 e. The molecule has 0 atom stereocenters. The van der Waals surface area contributed by atoms with Crippen LogP contribution in [-0.2, 0) is 18.2 Å². The van der Waals surface area contributed by atoms with Gasteiger partial charge in [0, 0.05) is 47.7 Å². The molecule has 0 spiro atoms. The molecule has 1 aliphatic heterocycles. The summed E-state index contributed by atoms with van der Waals surface area (Å²) >= 11 is 0. The highest BCUT2D eigenvalue weighted by molar-refractivity contribution is 5.96. The van der Waals surface area contributed by atoms with Crippen LogP contribution >= 0.6 is 0 Å². The van der Waals surface area contributed by atoms with Crippen LogP contribution in [-0.4, -0.2) is 43.7 Å². The van der Waals surface area contributed by atoms with Crippen molar-refractivity contribution >= 4 is 16.8 Å². The Morgan fingerprint density at radius 2 is 1.86 bits per heavy atom. The quantitative estimate of drug-likeness (QED) is 0.345. The number of H-pyrrole nitrogens is 1. The van der Waals surface area contributed by atoms with Crippen LogP contribution in [0.4, 0.5) is 0 Å². The van der Waals surface area contributed by atoms with E-state index in [-0.39, 0.29) is 5.78 Å². The van der Waals surface area contributed by atoms with E-state index in [1.807, 2.05) is 31.6 Å². The van der Waals surface area contributed by atoms with Gasteiger partial charge in [0.05, 0.1) is 30.8 Å². The van der Waals surface area contributed by atoms with Crippen molar-refractivity contribution in [3.8, 4) is 22.5 Å². The Balaban J connectivity index is 1.15. The van der Waals surface area contributed by atoms with Crippen LogP contribution in [0.2, 0.25) is 0 Å². The van der Waals surface area contributed by atoms with Gasteiger partial charge in [-0.3, -0.25) is 9.48 Å². The van der Waals surface area contributed by atoms with E-state index in [1.165, 1.54) is 5.56 Å². The van der Waals surface area contributed by atoms with Gasteiger partial charge in [-0.15, -0.1) is 0 Å². The van der Waals surface area contributed by atoms with Crippen molar-refractivity contribution in [2.24, 2.45) is 7.05 Å². The number of carbonyl (C=O) groups excluding carboxylic acids is 1. The molecule has 1 aliphatic rings. The van der Waals surface area contributed by atoms with Crippen LogP contribution in [0.1, 0.15) is 33.8 Å². The zero-order chi connectivity index (χ0) is 23.8. The third-order valence-corrected chi connectivity index (χ3v) is 6.65. The number of nitrogens with zero attached hydrogens (tertiary/aromatic N) is 4. The van der Waals surface area contributed by atoms with Gasteiger partial charge in [-0.05, 0) is 23.6 Å². The standard InChI is InChI=1S/C28H25N5O2/c1-33-14-22(13-31-33)25-12-24-27(29-17-30-28(24)32-25)21-5-2-18(3-6-21)4-11-26(34)20-9-7-19(8-10-20)23-15-35-16-23/h2-3,5-10,12-14,17,23H,4,11,15-16H2,1H3,(H,29,30,32). The lowest BCUT2D eigenvalue weighted by Gasteiger charge is -2.26. The fourth-order valence-electron chi connectivity index (χ4n) is 4.49. The lowest BCUT2D eigenvalue weighted by Crippen LogP contribution is -2.24. The predicted molar refractivity (Wildman–Crippen MR) is 134 cm³/mol. The highest BCUT2D eigenvalue weighted by Crippen LogP contribution is 2.30. The van der Waals surface area contributed by atoms with Crippen LogP contribution in [0.3, 0.4) is 0 Å². The second-order valence-corrected chi connectivity index (χ2v) is 9.05. The number of Topliss-reactive ketones (excluding diaryl/α,β-unsaturated/α-hetero) is 1. The molecule has 5 aromatic rings. The van der Waals surface area contributed by atoms with Gasteiger partial charge in [0.15, 0.2) is 5.78 Å². The summed E-state index contributed by atoms with van der Waals surface area (Å²) in [5.74, 6) is 0.639. The van der Waals surface area contributed by atoms with Crippen molar-refractivity contribution in [3.05, 3.63) is 90.0 Å². The molecule has 7 heteroatoms. The van der Waals surface area contributed by atoms with E-state index < -0.39 is 0 Å². The largest absolute Gasteiger partial charge is 0.380 e. The molecule has 174 valence electrons. The van der Waals surface area contributed by atoms with Crippen molar-refractivity contribution in [3.63, 3.8) is 0 Å². The average molecular weight is 464 g/mol. The van der Waals surface area contributed by atoms with Gasteiger partial charge < -0.3 is 9.72 Å². The molecule has 1 N–H and O–H groups in total. The SMILES string of the molecule is Cn1cc(-c2cc3c(-c4ccc(CCC(=O)c5ccc(C6COC6)cc5)cc4)ncnc3[nH]2)cn1. The molecule has 0 amide bonds. The summed E-state index contributed by atoms with van der Waals surface area (Å²) in [6.45, 7) is 1.55. The van der Waals surface area contributed by atoms with E-state index >= 15 is 0 Å². The molecular formula is C28H25N5O2. The van der Waals surface area contributed by atoms with Crippen LogP contribution in [0.15, 0.2) is 73.3 Å². The number of aromatic amines is 1. The second-order valence-electron chi connectivity index (χ2n) is 9.05. The fourth-order valence-corrected chi connectivity index (χ4v) is 4.49. The van der Waals surface area contributed by atoms with Crippen LogP contribution in [0.25, 0.3) is 33.5 Å². The lowest BCUT2D eigenvalue weighted by molar-refractivity contribution is 0.00842. The number of rotatable bonds is 7. The van der Waals surface area contributed by atoms with Crippen LogP contribution in [0.5, 0.6) is 0 Å².